The smallest absolute Gasteiger partial charge is 0.328 e. The Morgan fingerprint density at radius 3 is 2.85 bits per heavy atom. The van der Waals surface area contributed by atoms with Gasteiger partial charge < -0.3 is 14.7 Å². The second kappa shape index (κ2) is 5.88. The highest BCUT2D eigenvalue weighted by molar-refractivity contribution is 9.10. The third kappa shape index (κ3) is 2.83. The van der Waals surface area contributed by atoms with Gasteiger partial charge in [-0.15, -0.1) is 0 Å². The van der Waals surface area contributed by atoms with Gasteiger partial charge in [0.15, 0.2) is 0 Å². The van der Waals surface area contributed by atoms with Gasteiger partial charge in [0.05, 0.1) is 18.8 Å². The highest BCUT2D eigenvalue weighted by Gasteiger charge is 2.40. The molecule has 2 unspecified atom stereocenters. The number of carbonyl (C=O) groups is 2. The first-order valence-electron chi connectivity index (χ1n) is 5.96. The zero-order chi connectivity index (χ0) is 14.9. The van der Waals surface area contributed by atoms with Gasteiger partial charge in [-0.2, -0.15) is 0 Å². The van der Waals surface area contributed by atoms with Crippen molar-refractivity contribution in [2.45, 2.75) is 18.6 Å². The summed E-state index contributed by atoms with van der Waals surface area (Å²) in [5.41, 5.74) is -0.151. The summed E-state index contributed by atoms with van der Waals surface area (Å²) >= 11 is 3.16. The predicted octanol–water partition coefficient (Wildman–Crippen LogP) is 1.34. The summed E-state index contributed by atoms with van der Waals surface area (Å²) in [6.07, 6.45) is -0.730. The number of carbonyl (C=O) groups excluding carboxylic acids is 2. The average molecular weight is 346 g/mol. The number of hydrogen-bond acceptors (Lipinski definition) is 4. The lowest BCUT2D eigenvalue weighted by Gasteiger charge is -2.22. The van der Waals surface area contributed by atoms with E-state index in [1.165, 1.54) is 19.2 Å². The molecule has 0 aromatic heterocycles. The van der Waals surface area contributed by atoms with Crippen molar-refractivity contribution in [2.75, 3.05) is 13.7 Å². The van der Waals surface area contributed by atoms with Crippen molar-refractivity contribution in [3.05, 3.63) is 34.1 Å². The number of likely N-dealkylation sites (tertiary alicyclic amines) is 1. The molecule has 2 atom stereocenters. The lowest BCUT2D eigenvalue weighted by atomic mass is 10.1. The first-order chi connectivity index (χ1) is 9.43. The van der Waals surface area contributed by atoms with Gasteiger partial charge in [0, 0.05) is 17.4 Å². The van der Waals surface area contributed by atoms with E-state index in [-0.39, 0.29) is 18.5 Å². The lowest BCUT2D eigenvalue weighted by Crippen LogP contribution is -2.41. The molecule has 1 aromatic carbocycles. The molecule has 5 nitrogen and oxygen atoms in total. The molecule has 0 aliphatic carbocycles. The van der Waals surface area contributed by atoms with Gasteiger partial charge in [-0.1, -0.05) is 15.9 Å². The van der Waals surface area contributed by atoms with Crippen LogP contribution in [0.4, 0.5) is 4.39 Å². The third-order valence-electron chi connectivity index (χ3n) is 3.17. The van der Waals surface area contributed by atoms with Crippen LogP contribution in [0.15, 0.2) is 22.7 Å². The Hall–Kier alpha value is -1.47. The Balaban J connectivity index is 2.31. The predicted molar refractivity (Wildman–Crippen MR) is 71.6 cm³/mol. The Morgan fingerprint density at radius 1 is 1.50 bits per heavy atom. The van der Waals surface area contributed by atoms with Crippen LogP contribution in [0, 0.1) is 5.82 Å². The minimum absolute atomic E-state index is 0.0233. The van der Waals surface area contributed by atoms with E-state index in [2.05, 4.69) is 20.7 Å². The molecule has 1 aliphatic rings. The Morgan fingerprint density at radius 2 is 2.20 bits per heavy atom. The number of ether oxygens (including phenoxy) is 1. The van der Waals surface area contributed by atoms with Crippen molar-refractivity contribution >= 4 is 27.8 Å². The maximum Gasteiger partial charge on any atom is 0.328 e. The fourth-order valence-electron chi connectivity index (χ4n) is 2.21. The molecule has 1 heterocycles. The van der Waals surface area contributed by atoms with Crippen LogP contribution < -0.4 is 0 Å². The maximum absolute atomic E-state index is 13.7. The first kappa shape index (κ1) is 14.9. The van der Waals surface area contributed by atoms with E-state index in [1.54, 1.807) is 0 Å². The summed E-state index contributed by atoms with van der Waals surface area (Å²) < 4.78 is 18.9. The highest BCUT2D eigenvalue weighted by atomic mass is 79.9. The molecule has 108 valence electrons. The fourth-order valence-corrected chi connectivity index (χ4v) is 2.57. The third-order valence-corrected chi connectivity index (χ3v) is 3.67. The Bertz CT molecular complexity index is 551. The summed E-state index contributed by atoms with van der Waals surface area (Å²) in [6, 6.07) is 3.09. The minimum atomic E-state index is -0.888. The molecule has 1 aliphatic heterocycles. The zero-order valence-electron chi connectivity index (χ0n) is 10.7. The number of β-amino-alcohol motifs (C(OH)–C–C–N with tert-alkyl or cyclic N) is 1. The molecular formula is C13H13BrFNO4. The number of amides is 1. The van der Waals surface area contributed by atoms with Crippen LogP contribution in [0.25, 0.3) is 0 Å². The molecule has 0 spiro atoms. The van der Waals surface area contributed by atoms with Crippen molar-refractivity contribution in [1.82, 2.24) is 4.90 Å². The number of halogens is 2. The van der Waals surface area contributed by atoms with Crippen molar-refractivity contribution in [2.24, 2.45) is 0 Å². The summed E-state index contributed by atoms with van der Waals surface area (Å²) in [5, 5.41) is 9.63. The van der Waals surface area contributed by atoms with Crippen LogP contribution in [0.1, 0.15) is 16.8 Å². The first-order valence-corrected chi connectivity index (χ1v) is 6.75. The van der Waals surface area contributed by atoms with Gasteiger partial charge in [-0.25, -0.2) is 9.18 Å². The second-order valence-corrected chi connectivity index (χ2v) is 5.43. The van der Waals surface area contributed by atoms with E-state index in [0.29, 0.717) is 4.47 Å². The summed E-state index contributed by atoms with van der Waals surface area (Å²) in [5.74, 6) is -1.94. The number of aliphatic hydroxyl groups excluding tert-OH is 1. The maximum atomic E-state index is 13.7. The van der Waals surface area contributed by atoms with Gasteiger partial charge in [-0.3, -0.25) is 4.79 Å². The van der Waals surface area contributed by atoms with Crippen molar-refractivity contribution in [1.29, 1.82) is 0 Å². The summed E-state index contributed by atoms with van der Waals surface area (Å²) in [7, 11) is 1.20. The zero-order valence-corrected chi connectivity index (χ0v) is 12.3. The molecule has 2 rings (SSSR count). The van der Waals surface area contributed by atoms with Gasteiger partial charge in [-0.05, 0) is 18.2 Å². The fraction of sp³-hybridized carbons (Fsp3) is 0.385. The number of nitrogens with zero attached hydrogens (tertiary/aromatic N) is 1. The van der Waals surface area contributed by atoms with E-state index < -0.39 is 29.8 Å². The van der Waals surface area contributed by atoms with Gasteiger partial charge in [0.25, 0.3) is 5.91 Å². The van der Waals surface area contributed by atoms with Crippen molar-refractivity contribution < 1.29 is 23.8 Å². The van der Waals surface area contributed by atoms with Crippen LogP contribution in [0.2, 0.25) is 0 Å². The van der Waals surface area contributed by atoms with E-state index in [0.717, 1.165) is 11.0 Å². The van der Waals surface area contributed by atoms with E-state index >= 15 is 0 Å². The Labute approximate surface area is 123 Å². The van der Waals surface area contributed by atoms with E-state index in [4.69, 9.17) is 0 Å². The molecule has 7 heteroatoms. The summed E-state index contributed by atoms with van der Waals surface area (Å²) in [6.45, 7) is -0.0233. The van der Waals surface area contributed by atoms with Crippen molar-refractivity contribution in [3.8, 4) is 0 Å². The second-order valence-electron chi connectivity index (χ2n) is 4.51. The Kier molecular flexibility index (Phi) is 4.39. The summed E-state index contributed by atoms with van der Waals surface area (Å²) in [4.78, 5) is 25.1. The normalized spacial score (nSPS) is 21.9. The van der Waals surface area contributed by atoms with Crippen LogP contribution in [-0.4, -0.2) is 47.7 Å². The number of esters is 1. The number of rotatable bonds is 2. The quantitative estimate of drug-likeness (QED) is 0.821. The lowest BCUT2D eigenvalue weighted by molar-refractivity contribution is -0.145. The monoisotopic (exact) mass is 345 g/mol. The number of benzene rings is 1. The SMILES string of the molecule is COC(=O)C1CC(O)CN1C(=O)c1cc(Br)ccc1F. The molecule has 1 aromatic rings. The van der Waals surface area contributed by atoms with Crippen molar-refractivity contribution in [3.63, 3.8) is 0 Å². The number of hydrogen-bond donors (Lipinski definition) is 1. The van der Waals surface area contributed by atoms with Crippen LogP contribution in [-0.2, 0) is 9.53 Å². The molecule has 1 fully saturated rings. The topological polar surface area (TPSA) is 66.8 Å². The molecule has 1 amide bonds. The minimum Gasteiger partial charge on any atom is -0.467 e. The number of aliphatic hydroxyl groups is 1. The largest absolute Gasteiger partial charge is 0.467 e. The highest BCUT2D eigenvalue weighted by Crippen LogP contribution is 2.24. The van der Waals surface area contributed by atoms with Gasteiger partial charge in [0.2, 0.25) is 0 Å². The van der Waals surface area contributed by atoms with E-state index in [1.807, 2.05) is 0 Å². The molecule has 1 N–H and O–H groups in total. The molecule has 0 radical (unpaired) electrons. The molecule has 20 heavy (non-hydrogen) atoms. The average Bonchev–Trinajstić information content (AvgIpc) is 2.82. The van der Waals surface area contributed by atoms with Crippen LogP contribution in [0.5, 0.6) is 0 Å². The van der Waals surface area contributed by atoms with Crippen LogP contribution >= 0.6 is 15.9 Å². The molecule has 0 saturated carbocycles. The van der Waals surface area contributed by atoms with Crippen LogP contribution in [0.3, 0.4) is 0 Å². The van der Waals surface area contributed by atoms with E-state index in [9.17, 15) is 19.1 Å². The number of methoxy groups -OCH3 is 1. The molecule has 0 bridgehead atoms. The van der Waals surface area contributed by atoms with Gasteiger partial charge in [0.1, 0.15) is 11.9 Å². The molecule has 1 saturated heterocycles. The molecular weight excluding hydrogens is 333 g/mol. The standard InChI is InChI=1S/C13H13BrFNO4/c1-20-13(19)11-5-8(17)6-16(11)12(18)9-4-7(14)2-3-10(9)15/h2-4,8,11,17H,5-6H2,1H3. The van der Waals surface area contributed by atoms with Gasteiger partial charge >= 0.3 is 5.97 Å².